The van der Waals surface area contributed by atoms with E-state index in [1.807, 2.05) is 35.2 Å². The zero-order chi connectivity index (χ0) is 18.9. The van der Waals surface area contributed by atoms with Gasteiger partial charge in [0, 0.05) is 31.7 Å². The lowest BCUT2D eigenvalue weighted by molar-refractivity contribution is -0.0313. The van der Waals surface area contributed by atoms with Crippen LogP contribution in [-0.4, -0.2) is 68.1 Å². The average molecular weight is 383 g/mol. The first-order chi connectivity index (χ1) is 13.8. The molecule has 1 atom stereocenters. The second-order valence-corrected chi connectivity index (χ2v) is 7.67. The SMILES string of the molecule is O=C(c1c(N2CCOCC2)noc1-c1ccccc1)N1CCOC(C2CC2)C1. The maximum absolute atomic E-state index is 13.6. The molecule has 3 heterocycles. The van der Waals surface area contributed by atoms with Crippen LogP contribution in [0.3, 0.4) is 0 Å². The Kier molecular flexibility index (Phi) is 4.78. The van der Waals surface area contributed by atoms with Gasteiger partial charge in [-0.1, -0.05) is 35.5 Å². The molecule has 2 aliphatic heterocycles. The van der Waals surface area contributed by atoms with Crippen molar-refractivity contribution in [3.63, 3.8) is 0 Å². The van der Waals surface area contributed by atoms with Crippen LogP contribution in [0.15, 0.2) is 34.9 Å². The fourth-order valence-corrected chi connectivity index (χ4v) is 4.02. The molecular weight excluding hydrogens is 358 g/mol. The van der Waals surface area contributed by atoms with Gasteiger partial charge in [0.05, 0.1) is 25.9 Å². The van der Waals surface area contributed by atoms with Crippen LogP contribution in [0.1, 0.15) is 23.2 Å². The molecule has 1 aromatic heterocycles. The third-order valence-corrected chi connectivity index (χ3v) is 5.76. The summed E-state index contributed by atoms with van der Waals surface area (Å²) in [7, 11) is 0. The van der Waals surface area contributed by atoms with Gasteiger partial charge in [0.2, 0.25) is 0 Å². The van der Waals surface area contributed by atoms with Gasteiger partial charge in [0.15, 0.2) is 11.6 Å². The quantitative estimate of drug-likeness (QED) is 0.808. The minimum absolute atomic E-state index is 0.0180. The number of hydrogen-bond acceptors (Lipinski definition) is 6. The molecule has 3 aliphatic rings. The van der Waals surface area contributed by atoms with Crippen LogP contribution in [0, 0.1) is 5.92 Å². The zero-order valence-corrected chi connectivity index (χ0v) is 15.9. The number of anilines is 1. The van der Waals surface area contributed by atoms with E-state index in [0.717, 1.165) is 5.56 Å². The smallest absolute Gasteiger partial charge is 0.261 e. The summed E-state index contributed by atoms with van der Waals surface area (Å²) in [6, 6.07) is 9.74. The molecule has 1 amide bonds. The van der Waals surface area contributed by atoms with Gasteiger partial charge in [-0.05, 0) is 18.8 Å². The van der Waals surface area contributed by atoms with Gasteiger partial charge < -0.3 is 23.8 Å². The number of rotatable bonds is 4. The molecule has 7 nitrogen and oxygen atoms in total. The zero-order valence-electron chi connectivity index (χ0n) is 15.9. The molecule has 1 aliphatic carbocycles. The van der Waals surface area contributed by atoms with Gasteiger partial charge in [-0.15, -0.1) is 0 Å². The van der Waals surface area contributed by atoms with E-state index in [4.69, 9.17) is 14.0 Å². The van der Waals surface area contributed by atoms with E-state index < -0.39 is 0 Å². The number of carbonyl (C=O) groups excluding carboxylic acids is 1. The molecule has 1 unspecified atom stereocenters. The van der Waals surface area contributed by atoms with Gasteiger partial charge in [-0.25, -0.2) is 0 Å². The van der Waals surface area contributed by atoms with Crippen molar-refractivity contribution in [1.82, 2.24) is 10.1 Å². The molecule has 3 fully saturated rings. The number of carbonyl (C=O) groups is 1. The summed E-state index contributed by atoms with van der Waals surface area (Å²) in [5.74, 6) is 1.75. The molecule has 2 aromatic rings. The summed E-state index contributed by atoms with van der Waals surface area (Å²) >= 11 is 0. The Morgan fingerprint density at radius 3 is 2.57 bits per heavy atom. The maximum atomic E-state index is 13.6. The first kappa shape index (κ1) is 17.7. The standard InChI is InChI=1S/C21H25N3O4/c25-21(24-10-13-27-17(14-24)15-6-7-15)18-19(16-4-2-1-3-5-16)28-22-20(18)23-8-11-26-12-9-23/h1-5,15,17H,6-14H2. The maximum Gasteiger partial charge on any atom is 0.261 e. The highest BCUT2D eigenvalue weighted by Gasteiger charge is 2.39. The van der Waals surface area contributed by atoms with Crippen LogP contribution in [0.2, 0.25) is 0 Å². The van der Waals surface area contributed by atoms with Crippen LogP contribution < -0.4 is 4.90 Å². The lowest BCUT2D eigenvalue weighted by Crippen LogP contribution is -2.47. The largest absolute Gasteiger partial charge is 0.378 e. The average Bonchev–Trinajstić information content (AvgIpc) is 3.53. The highest BCUT2D eigenvalue weighted by molar-refractivity contribution is 6.04. The molecule has 0 radical (unpaired) electrons. The van der Waals surface area contributed by atoms with E-state index in [0.29, 0.717) is 69.1 Å². The van der Waals surface area contributed by atoms with Crippen LogP contribution in [-0.2, 0) is 9.47 Å². The Balaban J connectivity index is 1.49. The molecule has 0 N–H and O–H groups in total. The second-order valence-electron chi connectivity index (χ2n) is 7.67. The molecule has 1 saturated carbocycles. The van der Waals surface area contributed by atoms with Crippen LogP contribution in [0.4, 0.5) is 5.82 Å². The number of ether oxygens (including phenoxy) is 2. The summed E-state index contributed by atoms with van der Waals surface area (Å²) in [4.78, 5) is 17.6. The number of aromatic nitrogens is 1. The number of benzene rings is 1. The highest BCUT2D eigenvalue weighted by Crippen LogP contribution is 2.37. The molecule has 1 aromatic carbocycles. The van der Waals surface area contributed by atoms with E-state index >= 15 is 0 Å². The lowest BCUT2D eigenvalue weighted by atomic mass is 10.1. The fraction of sp³-hybridized carbons (Fsp3) is 0.524. The van der Waals surface area contributed by atoms with E-state index in [1.165, 1.54) is 12.8 Å². The van der Waals surface area contributed by atoms with Gasteiger partial charge in [-0.3, -0.25) is 4.79 Å². The van der Waals surface area contributed by atoms with Crippen molar-refractivity contribution in [2.24, 2.45) is 5.92 Å². The van der Waals surface area contributed by atoms with Crippen molar-refractivity contribution in [2.45, 2.75) is 18.9 Å². The predicted octanol–water partition coefficient (Wildman–Crippen LogP) is 2.43. The molecule has 5 rings (SSSR count). The van der Waals surface area contributed by atoms with Gasteiger partial charge in [0.25, 0.3) is 5.91 Å². The second kappa shape index (κ2) is 7.56. The van der Waals surface area contributed by atoms with E-state index in [9.17, 15) is 4.79 Å². The summed E-state index contributed by atoms with van der Waals surface area (Å²) in [6.07, 6.45) is 2.56. The Bertz CT molecular complexity index is 827. The van der Waals surface area contributed by atoms with Crippen LogP contribution in [0.5, 0.6) is 0 Å². The Morgan fingerprint density at radius 1 is 1.04 bits per heavy atom. The molecule has 0 bridgehead atoms. The minimum Gasteiger partial charge on any atom is -0.378 e. The Morgan fingerprint density at radius 2 is 1.82 bits per heavy atom. The van der Waals surface area contributed by atoms with Crippen LogP contribution >= 0.6 is 0 Å². The topological polar surface area (TPSA) is 68.0 Å². The van der Waals surface area contributed by atoms with Gasteiger partial charge in [0.1, 0.15) is 5.56 Å². The van der Waals surface area contributed by atoms with Gasteiger partial charge >= 0.3 is 0 Å². The summed E-state index contributed by atoms with van der Waals surface area (Å²) < 4.78 is 17.1. The van der Waals surface area contributed by atoms with E-state index in [-0.39, 0.29) is 12.0 Å². The van der Waals surface area contributed by atoms with Crippen molar-refractivity contribution in [1.29, 1.82) is 0 Å². The van der Waals surface area contributed by atoms with E-state index in [2.05, 4.69) is 10.1 Å². The number of amides is 1. The van der Waals surface area contributed by atoms with Gasteiger partial charge in [-0.2, -0.15) is 0 Å². The van der Waals surface area contributed by atoms with Crippen LogP contribution in [0.25, 0.3) is 11.3 Å². The molecular formula is C21H25N3O4. The molecule has 148 valence electrons. The Hall–Kier alpha value is -2.38. The van der Waals surface area contributed by atoms with Crippen molar-refractivity contribution < 1.29 is 18.8 Å². The first-order valence-electron chi connectivity index (χ1n) is 10.1. The third kappa shape index (κ3) is 3.40. The third-order valence-electron chi connectivity index (χ3n) is 5.76. The Labute approximate surface area is 164 Å². The highest BCUT2D eigenvalue weighted by atomic mass is 16.5. The van der Waals surface area contributed by atoms with Crippen molar-refractivity contribution in [3.8, 4) is 11.3 Å². The monoisotopic (exact) mass is 383 g/mol. The molecule has 2 saturated heterocycles. The summed E-state index contributed by atoms with van der Waals surface area (Å²) in [6.45, 7) is 4.50. The first-order valence-corrected chi connectivity index (χ1v) is 10.1. The number of hydrogen-bond donors (Lipinski definition) is 0. The molecule has 7 heteroatoms. The number of nitrogens with zero attached hydrogens (tertiary/aromatic N) is 3. The van der Waals surface area contributed by atoms with Crippen molar-refractivity contribution in [2.75, 3.05) is 50.9 Å². The minimum atomic E-state index is -0.0180. The van der Waals surface area contributed by atoms with E-state index in [1.54, 1.807) is 0 Å². The lowest BCUT2D eigenvalue weighted by Gasteiger charge is -2.34. The van der Waals surface area contributed by atoms with Crippen molar-refractivity contribution >= 4 is 11.7 Å². The number of morpholine rings is 2. The van der Waals surface area contributed by atoms with Crippen molar-refractivity contribution in [3.05, 3.63) is 35.9 Å². The summed E-state index contributed by atoms with van der Waals surface area (Å²) in [5.41, 5.74) is 1.43. The molecule has 0 spiro atoms. The molecule has 28 heavy (non-hydrogen) atoms. The summed E-state index contributed by atoms with van der Waals surface area (Å²) in [5, 5.41) is 4.32. The normalized spacial score (nSPS) is 23.1. The predicted molar refractivity (Wildman–Crippen MR) is 103 cm³/mol. The fourth-order valence-electron chi connectivity index (χ4n) is 4.02.